The summed E-state index contributed by atoms with van der Waals surface area (Å²) in [4.78, 5) is 14.9. The van der Waals surface area contributed by atoms with Crippen molar-refractivity contribution in [3.63, 3.8) is 0 Å². The molecule has 13 heavy (non-hydrogen) atoms. The number of esters is 1. The van der Waals surface area contributed by atoms with Gasteiger partial charge < -0.3 is 9.15 Å². The highest BCUT2D eigenvalue weighted by Gasteiger charge is 2.06. The van der Waals surface area contributed by atoms with Crippen LogP contribution in [0.1, 0.15) is 12.6 Å². The van der Waals surface area contributed by atoms with Crippen LogP contribution in [0.15, 0.2) is 15.9 Å². The molecule has 1 rings (SSSR count). The first-order chi connectivity index (χ1) is 6.22. The highest BCUT2D eigenvalue weighted by atomic mass is 32.2. The molecule has 0 atom stereocenters. The van der Waals surface area contributed by atoms with E-state index in [9.17, 15) is 4.79 Å². The average Bonchev–Trinajstić information content (AvgIpc) is 2.49. The molecule has 0 saturated carbocycles. The van der Waals surface area contributed by atoms with Crippen molar-refractivity contribution in [3.8, 4) is 0 Å². The summed E-state index contributed by atoms with van der Waals surface area (Å²) in [7, 11) is 0. The number of aryl methyl sites for hydroxylation is 1. The Hall–Kier alpha value is -0.970. The van der Waals surface area contributed by atoms with E-state index in [1.165, 1.54) is 11.8 Å². The molecule has 0 unspecified atom stereocenters. The number of aromatic nitrogens is 1. The number of thioether (sulfide) groups is 1. The summed E-state index contributed by atoms with van der Waals surface area (Å²) in [6.45, 7) is 4.01. The van der Waals surface area contributed by atoms with Gasteiger partial charge in [-0.2, -0.15) is 0 Å². The minimum Gasteiger partial charge on any atom is -0.465 e. The van der Waals surface area contributed by atoms with Gasteiger partial charge in [0, 0.05) is 0 Å². The summed E-state index contributed by atoms with van der Waals surface area (Å²) >= 11 is 1.24. The van der Waals surface area contributed by atoms with E-state index < -0.39 is 0 Å². The van der Waals surface area contributed by atoms with E-state index >= 15 is 0 Å². The van der Waals surface area contributed by atoms with Crippen molar-refractivity contribution in [2.45, 2.75) is 19.1 Å². The normalized spacial score (nSPS) is 10.0. The van der Waals surface area contributed by atoms with Gasteiger partial charge in [0.2, 0.25) is 0 Å². The van der Waals surface area contributed by atoms with Gasteiger partial charge in [-0.05, 0) is 13.8 Å². The molecular formula is C8H11NO3S. The van der Waals surface area contributed by atoms with E-state index in [4.69, 9.17) is 9.15 Å². The fraction of sp³-hybridized carbons (Fsp3) is 0.500. The van der Waals surface area contributed by atoms with Gasteiger partial charge in [0.25, 0.3) is 5.22 Å². The van der Waals surface area contributed by atoms with E-state index in [-0.39, 0.29) is 11.7 Å². The van der Waals surface area contributed by atoms with Crippen LogP contribution in [0.4, 0.5) is 0 Å². The summed E-state index contributed by atoms with van der Waals surface area (Å²) in [5, 5.41) is 0.505. The van der Waals surface area contributed by atoms with Crippen LogP contribution >= 0.6 is 11.8 Å². The Morgan fingerprint density at radius 1 is 1.77 bits per heavy atom. The maximum atomic E-state index is 10.9. The van der Waals surface area contributed by atoms with Gasteiger partial charge in [0.1, 0.15) is 12.0 Å². The molecule has 0 aliphatic rings. The van der Waals surface area contributed by atoms with Crippen molar-refractivity contribution in [2.24, 2.45) is 0 Å². The number of ether oxygens (including phenoxy) is 1. The minimum absolute atomic E-state index is 0.244. The predicted molar refractivity (Wildman–Crippen MR) is 48.6 cm³/mol. The first-order valence-electron chi connectivity index (χ1n) is 3.93. The SMILES string of the molecule is CCOC(=O)CSc1nc(C)co1. The number of hydrogen-bond acceptors (Lipinski definition) is 5. The third-order valence-electron chi connectivity index (χ3n) is 1.22. The smallest absolute Gasteiger partial charge is 0.316 e. The Morgan fingerprint density at radius 3 is 3.08 bits per heavy atom. The summed E-state index contributed by atoms with van der Waals surface area (Å²) in [5.41, 5.74) is 0.811. The third-order valence-corrected chi connectivity index (χ3v) is 2.03. The summed E-state index contributed by atoms with van der Waals surface area (Å²) in [6, 6.07) is 0. The van der Waals surface area contributed by atoms with Crippen molar-refractivity contribution in [3.05, 3.63) is 12.0 Å². The quantitative estimate of drug-likeness (QED) is 0.547. The van der Waals surface area contributed by atoms with E-state index in [1.807, 2.05) is 6.92 Å². The zero-order valence-electron chi connectivity index (χ0n) is 7.57. The van der Waals surface area contributed by atoms with Gasteiger partial charge in [-0.3, -0.25) is 4.79 Å². The number of oxazole rings is 1. The standard InChI is InChI=1S/C8H11NO3S/c1-3-11-7(10)5-13-8-9-6(2)4-12-8/h4H,3,5H2,1-2H3. The highest BCUT2D eigenvalue weighted by molar-refractivity contribution is 7.99. The van der Waals surface area contributed by atoms with E-state index in [2.05, 4.69) is 4.98 Å². The fourth-order valence-electron chi connectivity index (χ4n) is 0.722. The molecule has 0 spiro atoms. The second kappa shape index (κ2) is 4.91. The average molecular weight is 201 g/mol. The van der Waals surface area contributed by atoms with Crippen LogP contribution in [0.2, 0.25) is 0 Å². The Morgan fingerprint density at radius 2 is 2.54 bits per heavy atom. The lowest BCUT2D eigenvalue weighted by atomic mass is 10.6. The predicted octanol–water partition coefficient (Wildman–Crippen LogP) is 1.64. The molecular weight excluding hydrogens is 190 g/mol. The number of rotatable bonds is 4. The zero-order chi connectivity index (χ0) is 9.68. The molecule has 72 valence electrons. The second-order valence-corrected chi connectivity index (χ2v) is 3.28. The van der Waals surface area contributed by atoms with Crippen molar-refractivity contribution < 1.29 is 13.9 Å². The topological polar surface area (TPSA) is 52.3 Å². The van der Waals surface area contributed by atoms with Crippen molar-refractivity contribution in [1.29, 1.82) is 0 Å². The van der Waals surface area contributed by atoms with E-state index in [0.29, 0.717) is 11.8 Å². The molecule has 0 bridgehead atoms. The van der Waals surface area contributed by atoms with Crippen LogP contribution in [0, 0.1) is 6.92 Å². The lowest BCUT2D eigenvalue weighted by molar-refractivity contribution is -0.139. The van der Waals surface area contributed by atoms with Gasteiger partial charge >= 0.3 is 5.97 Å². The van der Waals surface area contributed by atoms with Crippen LogP contribution in [0.25, 0.3) is 0 Å². The van der Waals surface area contributed by atoms with Gasteiger partial charge in [0.05, 0.1) is 12.3 Å². The molecule has 1 aromatic heterocycles. The molecule has 5 heteroatoms. The third kappa shape index (κ3) is 3.50. The molecule has 0 fully saturated rings. The summed E-state index contributed by atoms with van der Waals surface area (Å²) in [5.74, 6) is -0.00305. The van der Waals surface area contributed by atoms with Gasteiger partial charge in [-0.25, -0.2) is 4.98 Å². The first kappa shape index (κ1) is 10.1. The zero-order valence-corrected chi connectivity index (χ0v) is 8.39. The monoisotopic (exact) mass is 201 g/mol. The van der Waals surface area contributed by atoms with Gasteiger partial charge in [-0.1, -0.05) is 11.8 Å². The summed E-state index contributed by atoms with van der Waals surface area (Å²) < 4.78 is 9.78. The van der Waals surface area contributed by atoms with Crippen LogP contribution in [0.3, 0.4) is 0 Å². The van der Waals surface area contributed by atoms with Crippen LogP contribution < -0.4 is 0 Å². The Bertz CT molecular complexity index is 285. The van der Waals surface area contributed by atoms with Crippen molar-refractivity contribution >= 4 is 17.7 Å². The molecule has 1 heterocycles. The number of carbonyl (C=O) groups is 1. The summed E-state index contributed by atoms with van der Waals surface area (Å²) in [6.07, 6.45) is 1.55. The second-order valence-electron chi connectivity index (χ2n) is 2.35. The van der Waals surface area contributed by atoms with Crippen molar-refractivity contribution in [1.82, 2.24) is 4.98 Å². The minimum atomic E-state index is -0.247. The fourth-order valence-corrected chi connectivity index (χ4v) is 1.37. The van der Waals surface area contributed by atoms with E-state index in [1.54, 1.807) is 13.2 Å². The van der Waals surface area contributed by atoms with Crippen LogP contribution in [-0.4, -0.2) is 23.3 Å². The van der Waals surface area contributed by atoms with Crippen molar-refractivity contribution in [2.75, 3.05) is 12.4 Å². The number of nitrogens with zero attached hydrogens (tertiary/aromatic N) is 1. The lowest BCUT2D eigenvalue weighted by Gasteiger charge is -1.97. The lowest BCUT2D eigenvalue weighted by Crippen LogP contribution is -2.06. The first-order valence-corrected chi connectivity index (χ1v) is 4.91. The van der Waals surface area contributed by atoms with Crippen LogP contribution in [-0.2, 0) is 9.53 Å². The Labute approximate surface area is 80.7 Å². The Balaban J connectivity index is 2.30. The van der Waals surface area contributed by atoms with E-state index in [0.717, 1.165) is 5.69 Å². The molecule has 0 radical (unpaired) electrons. The molecule has 0 aromatic carbocycles. The molecule has 0 aliphatic heterocycles. The number of hydrogen-bond donors (Lipinski definition) is 0. The molecule has 4 nitrogen and oxygen atoms in total. The molecule has 0 N–H and O–H groups in total. The maximum absolute atomic E-state index is 10.9. The van der Waals surface area contributed by atoms with Gasteiger partial charge in [-0.15, -0.1) is 0 Å². The molecule has 1 aromatic rings. The van der Waals surface area contributed by atoms with Gasteiger partial charge in [0.15, 0.2) is 0 Å². The highest BCUT2D eigenvalue weighted by Crippen LogP contribution is 2.16. The molecule has 0 amide bonds. The molecule has 0 aliphatic carbocycles. The Kier molecular flexibility index (Phi) is 3.82. The molecule has 0 saturated heterocycles. The maximum Gasteiger partial charge on any atom is 0.316 e. The number of carbonyl (C=O) groups excluding carboxylic acids is 1. The van der Waals surface area contributed by atoms with Crippen LogP contribution in [0.5, 0.6) is 0 Å². The largest absolute Gasteiger partial charge is 0.465 e.